The second-order valence-electron chi connectivity index (χ2n) is 2.93. The van der Waals surface area contributed by atoms with Gasteiger partial charge >= 0.3 is 5.97 Å². The first-order valence-corrected chi connectivity index (χ1v) is 4.18. The third-order valence-corrected chi connectivity index (χ3v) is 1.88. The summed E-state index contributed by atoms with van der Waals surface area (Å²) in [5, 5.41) is 1.29. The van der Waals surface area contributed by atoms with E-state index in [4.69, 9.17) is 0 Å². The minimum absolute atomic E-state index is 0.0759. The standard InChI is InChI=1S/C8H12F2N2O2/c1-3-14-7(13)8(6(9)10)4-5-12(2)11-8/h4-6,11H,3H2,1-2H3. The van der Waals surface area contributed by atoms with Gasteiger partial charge in [0, 0.05) is 13.2 Å². The van der Waals surface area contributed by atoms with E-state index in [2.05, 4.69) is 10.2 Å². The Bertz CT molecular complexity index is 258. The summed E-state index contributed by atoms with van der Waals surface area (Å²) in [5.41, 5.74) is 0.326. The summed E-state index contributed by atoms with van der Waals surface area (Å²) >= 11 is 0. The fourth-order valence-electron chi connectivity index (χ4n) is 1.17. The molecule has 1 rings (SSSR count). The highest BCUT2D eigenvalue weighted by molar-refractivity contribution is 5.84. The fourth-order valence-corrected chi connectivity index (χ4v) is 1.17. The van der Waals surface area contributed by atoms with Crippen molar-refractivity contribution in [2.24, 2.45) is 0 Å². The van der Waals surface area contributed by atoms with Crippen LogP contribution in [-0.4, -0.2) is 36.6 Å². The van der Waals surface area contributed by atoms with E-state index >= 15 is 0 Å². The van der Waals surface area contributed by atoms with Gasteiger partial charge in [0.15, 0.2) is 0 Å². The van der Waals surface area contributed by atoms with Gasteiger partial charge in [-0.25, -0.2) is 19.0 Å². The van der Waals surface area contributed by atoms with Crippen LogP contribution in [0.4, 0.5) is 8.78 Å². The number of carbonyl (C=O) groups excluding carboxylic acids is 1. The average molecular weight is 206 g/mol. The van der Waals surface area contributed by atoms with Gasteiger partial charge in [-0.2, -0.15) is 0 Å². The maximum Gasteiger partial charge on any atom is 0.338 e. The van der Waals surface area contributed by atoms with Crippen LogP contribution in [0.25, 0.3) is 0 Å². The number of halogens is 2. The topological polar surface area (TPSA) is 41.6 Å². The summed E-state index contributed by atoms with van der Waals surface area (Å²) in [6, 6.07) is 0. The lowest BCUT2D eigenvalue weighted by atomic mass is 10.0. The summed E-state index contributed by atoms with van der Waals surface area (Å²) < 4.78 is 30.0. The van der Waals surface area contributed by atoms with Crippen LogP contribution in [-0.2, 0) is 9.53 Å². The van der Waals surface area contributed by atoms with Gasteiger partial charge in [0.25, 0.3) is 6.43 Å². The lowest BCUT2D eigenvalue weighted by Crippen LogP contribution is -2.57. The molecule has 0 saturated carbocycles. The number of nitrogens with one attached hydrogen (secondary N) is 1. The molecule has 1 aliphatic heterocycles. The number of alkyl halides is 2. The van der Waals surface area contributed by atoms with E-state index in [1.54, 1.807) is 6.92 Å². The second-order valence-corrected chi connectivity index (χ2v) is 2.93. The van der Waals surface area contributed by atoms with Gasteiger partial charge in [-0.3, -0.25) is 0 Å². The molecule has 0 radical (unpaired) electrons. The molecule has 0 amide bonds. The smallest absolute Gasteiger partial charge is 0.338 e. The van der Waals surface area contributed by atoms with Crippen LogP contribution in [0, 0.1) is 0 Å². The summed E-state index contributed by atoms with van der Waals surface area (Å²) in [7, 11) is 1.53. The first-order chi connectivity index (χ1) is 6.53. The molecule has 0 aromatic heterocycles. The molecule has 1 N–H and O–H groups in total. The molecule has 0 fully saturated rings. The Morgan fingerprint density at radius 1 is 1.71 bits per heavy atom. The Labute approximate surface area is 80.5 Å². The minimum atomic E-state index is -2.84. The quantitative estimate of drug-likeness (QED) is 0.683. The van der Waals surface area contributed by atoms with Gasteiger partial charge in [-0.05, 0) is 13.0 Å². The van der Waals surface area contributed by atoms with Gasteiger partial charge < -0.3 is 9.75 Å². The molecule has 1 heterocycles. The number of hydrogen-bond acceptors (Lipinski definition) is 4. The maximum absolute atomic E-state index is 12.7. The average Bonchev–Trinajstić information content (AvgIpc) is 2.49. The summed E-state index contributed by atoms with van der Waals surface area (Å²) in [6.07, 6.45) is -0.374. The van der Waals surface area contributed by atoms with Gasteiger partial charge in [-0.15, -0.1) is 0 Å². The second kappa shape index (κ2) is 3.91. The SMILES string of the molecule is CCOC(=O)C1(C(F)F)C=CN(C)N1. The molecule has 0 aromatic carbocycles. The molecular formula is C8H12F2N2O2. The number of hydrazine groups is 1. The van der Waals surface area contributed by atoms with Crippen molar-refractivity contribution in [1.29, 1.82) is 0 Å². The Morgan fingerprint density at radius 2 is 2.36 bits per heavy atom. The van der Waals surface area contributed by atoms with Crippen LogP contribution in [0.15, 0.2) is 12.3 Å². The zero-order chi connectivity index (χ0) is 10.8. The van der Waals surface area contributed by atoms with E-state index in [-0.39, 0.29) is 6.61 Å². The van der Waals surface area contributed by atoms with Crippen molar-refractivity contribution < 1.29 is 18.3 Å². The number of carbonyl (C=O) groups is 1. The van der Waals surface area contributed by atoms with E-state index < -0.39 is 17.9 Å². The third-order valence-electron chi connectivity index (χ3n) is 1.88. The number of hydrogen-bond donors (Lipinski definition) is 1. The Kier molecular flexibility index (Phi) is 3.05. The normalized spacial score (nSPS) is 25.9. The molecule has 0 aromatic rings. The van der Waals surface area contributed by atoms with Gasteiger partial charge in [0.1, 0.15) is 0 Å². The number of ether oxygens (including phenoxy) is 1. The molecule has 1 unspecified atom stereocenters. The molecule has 0 aliphatic carbocycles. The van der Waals surface area contributed by atoms with Crippen molar-refractivity contribution >= 4 is 5.97 Å². The summed E-state index contributed by atoms with van der Waals surface area (Å²) in [4.78, 5) is 11.3. The Morgan fingerprint density at radius 3 is 2.71 bits per heavy atom. The van der Waals surface area contributed by atoms with Gasteiger partial charge in [0.2, 0.25) is 5.54 Å². The molecule has 0 bridgehead atoms. The predicted molar refractivity (Wildman–Crippen MR) is 45.4 cm³/mol. The molecule has 1 atom stereocenters. The van der Waals surface area contributed by atoms with Crippen LogP contribution >= 0.6 is 0 Å². The van der Waals surface area contributed by atoms with E-state index in [0.717, 1.165) is 6.08 Å². The maximum atomic E-state index is 12.7. The van der Waals surface area contributed by atoms with Crippen LogP contribution < -0.4 is 5.43 Å². The van der Waals surface area contributed by atoms with Crippen molar-refractivity contribution in [3.05, 3.63) is 12.3 Å². The third kappa shape index (κ3) is 1.70. The molecule has 6 heteroatoms. The zero-order valence-corrected chi connectivity index (χ0v) is 7.96. The van der Waals surface area contributed by atoms with E-state index in [9.17, 15) is 13.6 Å². The lowest BCUT2D eigenvalue weighted by molar-refractivity contribution is -0.156. The van der Waals surface area contributed by atoms with Crippen molar-refractivity contribution in [1.82, 2.24) is 10.4 Å². The summed E-state index contributed by atoms with van der Waals surface area (Å²) in [5.74, 6) is -0.962. The van der Waals surface area contributed by atoms with Crippen molar-refractivity contribution in [2.45, 2.75) is 18.9 Å². The lowest BCUT2D eigenvalue weighted by Gasteiger charge is -2.26. The van der Waals surface area contributed by atoms with Crippen LogP contribution in [0.3, 0.4) is 0 Å². The first kappa shape index (κ1) is 10.9. The van der Waals surface area contributed by atoms with Crippen LogP contribution in [0.1, 0.15) is 6.92 Å². The number of rotatable bonds is 3. The number of esters is 1. The molecule has 80 valence electrons. The Hall–Kier alpha value is -1.17. The molecular weight excluding hydrogens is 194 g/mol. The largest absolute Gasteiger partial charge is 0.464 e. The van der Waals surface area contributed by atoms with E-state index in [0.29, 0.717) is 0 Å². The van der Waals surface area contributed by atoms with Gasteiger partial charge in [-0.1, -0.05) is 0 Å². The fraction of sp³-hybridized carbons (Fsp3) is 0.625. The molecule has 0 spiro atoms. The molecule has 0 saturated heterocycles. The van der Waals surface area contributed by atoms with Gasteiger partial charge in [0.05, 0.1) is 6.61 Å². The van der Waals surface area contributed by atoms with E-state index in [1.165, 1.54) is 18.3 Å². The van der Waals surface area contributed by atoms with E-state index in [1.807, 2.05) is 0 Å². The predicted octanol–water partition coefficient (Wildman–Crippen LogP) is 0.517. The molecule has 14 heavy (non-hydrogen) atoms. The highest BCUT2D eigenvalue weighted by atomic mass is 19.3. The highest BCUT2D eigenvalue weighted by Gasteiger charge is 2.50. The molecule has 4 nitrogen and oxygen atoms in total. The first-order valence-electron chi connectivity index (χ1n) is 4.18. The zero-order valence-electron chi connectivity index (χ0n) is 7.96. The minimum Gasteiger partial charge on any atom is -0.464 e. The number of nitrogens with zero attached hydrogens (tertiary/aromatic N) is 1. The molecule has 1 aliphatic rings. The summed E-state index contributed by atoms with van der Waals surface area (Å²) in [6.45, 7) is 1.64. The van der Waals surface area contributed by atoms with Crippen LogP contribution in [0.2, 0.25) is 0 Å². The van der Waals surface area contributed by atoms with Crippen LogP contribution in [0.5, 0.6) is 0 Å². The van der Waals surface area contributed by atoms with Crippen molar-refractivity contribution in [2.75, 3.05) is 13.7 Å². The Balaban J connectivity index is 2.84. The van der Waals surface area contributed by atoms with Crippen molar-refractivity contribution in [3.63, 3.8) is 0 Å². The monoisotopic (exact) mass is 206 g/mol. The highest BCUT2D eigenvalue weighted by Crippen LogP contribution is 2.24. The van der Waals surface area contributed by atoms with Crippen molar-refractivity contribution in [3.8, 4) is 0 Å².